The first-order valence-electron chi connectivity index (χ1n) is 8.54. The van der Waals surface area contributed by atoms with Gasteiger partial charge < -0.3 is 14.4 Å². The van der Waals surface area contributed by atoms with E-state index in [1.54, 1.807) is 0 Å². The number of hydrogen-bond acceptors (Lipinski definition) is 5. The second kappa shape index (κ2) is 6.75. The van der Waals surface area contributed by atoms with Gasteiger partial charge in [-0.3, -0.25) is 4.79 Å². The van der Waals surface area contributed by atoms with Crippen LogP contribution in [-0.2, 0) is 29.6 Å². The van der Waals surface area contributed by atoms with Gasteiger partial charge in [0.2, 0.25) is 11.8 Å². The largest absolute Gasteiger partial charge is 0.352 e. The Morgan fingerprint density at radius 3 is 3.04 bits per heavy atom. The van der Waals surface area contributed by atoms with Crippen LogP contribution < -0.4 is 5.32 Å². The van der Waals surface area contributed by atoms with Gasteiger partial charge in [0.25, 0.3) is 0 Å². The summed E-state index contributed by atoms with van der Waals surface area (Å²) in [7, 11) is 0. The maximum Gasteiger partial charge on any atom is 0.226 e. The van der Waals surface area contributed by atoms with E-state index < -0.39 is 0 Å². The van der Waals surface area contributed by atoms with Crippen LogP contribution >= 0.6 is 0 Å². The first-order valence-corrected chi connectivity index (χ1v) is 8.54. The number of hydrogen-bond donors (Lipinski definition) is 1. The summed E-state index contributed by atoms with van der Waals surface area (Å²) in [5, 5.41) is 7.11. The summed E-state index contributed by atoms with van der Waals surface area (Å²) in [6, 6.07) is 0.190. The Kier molecular flexibility index (Phi) is 4.69. The SMILES string of the molecule is CC(C)(C)c1noc(CCCC(=O)N[C@@H]2CCc3nccn3C2)n1. The van der Waals surface area contributed by atoms with Crippen LogP contribution in [0, 0.1) is 0 Å². The summed E-state index contributed by atoms with van der Waals surface area (Å²) in [4.78, 5) is 20.8. The minimum Gasteiger partial charge on any atom is -0.352 e. The summed E-state index contributed by atoms with van der Waals surface area (Å²) < 4.78 is 7.36. The number of nitrogens with one attached hydrogen (secondary N) is 1. The topological polar surface area (TPSA) is 85.8 Å². The molecule has 24 heavy (non-hydrogen) atoms. The van der Waals surface area contributed by atoms with E-state index in [1.807, 2.05) is 33.2 Å². The molecule has 0 radical (unpaired) electrons. The fourth-order valence-electron chi connectivity index (χ4n) is 2.85. The Morgan fingerprint density at radius 1 is 1.46 bits per heavy atom. The third-order valence-corrected chi connectivity index (χ3v) is 4.23. The number of amides is 1. The molecule has 0 spiro atoms. The summed E-state index contributed by atoms with van der Waals surface area (Å²) in [6.07, 6.45) is 7.46. The smallest absolute Gasteiger partial charge is 0.226 e. The minimum atomic E-state index is -0.119. The zero-order valence-corrected chi connectivity index (χ0v) is 14.6. The molecule has 0 fully saturated rings. The van der Waals surface area contributed by atoms with Crippen LogP contribution in [-0.4, -0.2) is 31.6 Å². The highest BCUT2D eigenvalue weighted by Gasteiger charge is 2.22. The normalized spacial score (nSPS) is 17.5. The predicted molar refractivity (Wildman–Crippen MR) is 88.4 cm³/mol. The van der Waals surface area contributed by atoms with Crippen molar-refractivity contribution in [3.63, 3.8) is 0 Å². The van der Waals surface area contributed by atoms with E-state index in [-0.39, 0.29) is 17.4 Å². The van der Waals surface area contributed by atoms with Crippen molar-refractivity contribution in [1.29, 1.82) is 0 Å². The number of carbonyl (C=O) groups excluding carboxylic acids is 1. The molecule has 3 heterocycles. The van der Waals surface area contributed by atoms with Gasteiger partial charge in [0.05, 0.1) is 0 Å². The van der Waals surface area contributed by atoms with Gasteiger partial charge in [-0.15, -0.1) is 0 Å². The molecule has 1 aliphatic heterocycles. The molecule has 0 saturated carbocycles. The van der Waals surface area contributed by atoms with Crippen molar-refractivity contribution >= 4 is 5.91 Å². The maximum absolute atomic E-state index is 12.1. The van der Waals surface area contributed by atoms with Crippen LogP contribution in [0.1, 0.15) is 57.6 Å². The van der Waals surface area contributed by atoms with Gasteiger partial charge in [0.15, 0.2) is 5.82 Å². The fourth-order valence-corrected chi connectivity index (χ4v) is 2.85. The predicted octanol–water partition coefficient (Wildman–Crippen LogP) is 2.02. The third-order valence-electron chi connectivity index (χ3n) is 4.23. The zero-order chi connectivity index (χ0) is 17.2. The van der Waals surface area contributed by atoms with Crippen molar-refractivity contribution in [1.82, 2.24) is 25.0 Å². The van der Waals surface area contributed by atoms with E-state index in [1.165, 1.54) is 0 Å². The van der Waals surface area contributed by atoms with E-state index in [9.17, 15) is 4.79 Å². The number of fused-ring (bicyclic) bond motifs is 1. The highest BCUT2D eigenvalue weighted by atomic mass is 16.5. The van der Waals surface area contributed by atoms with Crippen molar-refractivity contribution in [2.24, 2.45) is 0 Å². The Labute approximate surface area is 141 Å². The van der Waals surface area contributed by atoms with Gasteiger partial charge in [-0.05, 0) is 12.8 Å². The van der Waals surface area contributed by atoms with E-state index in [2.05, 4.69) is 25.0 Å². The first kappa shape index (κ1) is 16.7. The van der Waals surface area contributed by atoms with Gasteiger partial charge in [-0.2, -0.15) is 4.98 Å². The van der Waals surface area contributed by atoms with Crippen molar-refractivity contribution in [3.05, 3.63) is 29.9 Å². The van der Waals surface area contributed by atoms with Gasteiger partial charge in [-0.25, -0.2) is 4.98 Å². The van der Waals surface area contributed by atoms with Crippen molar-refractivity contribution in [2.45, 2.75) is 70.9 Å². The third kappa shape index (κ3) is 4.01. The molecule has 0 aliphatic carbocycles. The van der Waals surface area contributed by atoms with Crippen LogP contribution in [0.4, 0.5) is 0 Å². The summed E-state index contributed by atoms with van der Waals surface area (Å²) in [5.41, 5.74) is -0.119. The molecule has 1 aliphatic rings. The average molecular weight is 331 g/mol. The van der Waals surface area contributed by atoms with Crippen molar-refractivity contribution in [3.8, 4) is 0 Å². The second-order valence-corrected chi connectivity index (χ2v) is 7.41. The second-order valence-electron chi connectivity index (χ2n) is 7.41. The number of aryl methyl sites for hydroxylation is 2. The van der Waals surface area contributed by atoms with E-state index in [0.29, 0.717) is 31.0 Å². The standard InChI is InChI=1S/C17H25N5O2/c1-17(2,3)16-20-15(24-21-16)6-4-5-14(23)19-12-7-8-13-18-9-10-22(13)11-12/h9-10,12H,4-8,11H2,1-3H3,(H,19,23)/t12-/m1/s1. The minimum absolute atomic E-state index is 0.0825. The number of aromatic nitrogens is 4. The Hall–Kier alpha value is -2.18. The summed E-state index contributed by atoms with van der Waals surface area (Å²) in [6.45, 7) is 6.94. The number of imidazole rings is 1. The molecule has 7 nitrogen and oxygen atoms in total. The molecule has 130 valence electrons. The number of nitrogens with zero attached hydrogens (tertiary/aromatic N) is 4. The van der Waals surface area contributed by atoms with Crippen molar-refractivity contribution in [2.75, 3.05) is 0 Å². The van der Waals surface area contributed by atoms with Gasteiger partial charge in [0.1, 0.15) is 5.82 Å². The van der Waals surface area contributed by atoms with Crippen LogP contribution in [0.2, 0.25) is 0 Å². The Bertz CT molecular complexity index is 698. The maximum atomic E-state index is 12.1. The summed E-state index contributed by atoms with van der Waals surface area (Å²) in [5.74, 6) is 2.50. The first-order chi connectivity index (χ1) is 11.4. The van der Waals surface area contributed by atoms with E-state index >= 15 is 0 Å². The molecule has 3 rings (SSSR count). The molecule has 0 bridgehead atoms. The zero-order valence-electron chi connectivity index (χ0n) is 14.6. The summed E-state index contributed by atoms with van der Waals surface area (Å²) >= 11 is 0. The lowest BCUT2D eigenvalue weighted by Crippen LogP contribution is -2.40. The number of rotatable bonds is 5. The number of carbonyl (C=O) groups is 1. The molecule has 0 saturated heterocycles. The molecule has 1 amide bonds. The molecular formula is C17H25N5O2. The fraction of sp³-hybridized carbons (Fsp3) is 0.647. The highest BCUT2D eigenvalue weighted by molar-refractivity contribution is 5.76. The van der Waals surface area contributed by atoms with E-state index in [4.69, 9.17) is 4.52 Å². The van der Waals surface area contributed by atoms with Crippen molar-refractivity contribution < 1.29 is 9.32 Å². The van der Waals surface area contributed by atoms with Crippen LogP contribution in [0.15, 0.2) is 16.9 Å². The lowest BCUT2D eigenvalue weighted by molar-refractivity contribution is -0.122. The van der Waals surface area contributed by atoms with Gasteiger partial charge >= 0.3 is 0 Å². The van der Waals surface area contributed by atoms with E-state index in [0.717, 1.165) is 25.2 Å². The lowest BCUT2D eigenvalue weighted by atomic mass is 9.96. The molecule has 7 heteroatoms. The average Bonchev–Trinajstić information content (AvgIpc) is 3.14. The van der Waals surface area contributed by atoms with Crippen LogP contribution in [0.3, 0.4) is 0 Å². The Morgan fingerprint density at radius 2 is 2.29 bits per heavy atom. The Balaban J connectivity index is 1.41. The molecule has 2 aromatic heterocycles. The molecule has 1 atom stereocenters. The molecule has 0 unspecified atom stereocenters. The monoisotopic (exact) mass is 331 g/mol. The van der Waals surface area contributed by atoms with Crippen LogP contribution in [0.25, 0.3) is 0 Å². The molecular weight excluding hydrogens is 306 g/mol. The highest BCUT2D eigenvalue weighted by Crippen LogP contribution is 2.19. The van der Waals surface area contributed by atoms with Gasteiger partial charge in [0, 0.05) is 49.7 Å². The quantitative estimate of drug-likeness (QED) is 0.906. The van der Waals surface area contributed by atoms with Gasteiger partial charge in [-0.1, -0.05) is 25.9 Å². The lowest BCUT2D eigenvalue weighted by Gasteiger charge is -2.24. The molecule has 1 N–H and O–H groups in total. The van der Waals surface area contributed by atoms with Crippen LogP contribution in [0.5, 0.6) is 0 Å². The molecule has 0 aromatic carbocycles. The molecule has 2 aromatic rings.